The fourth-order valence-electron chi connectivity index (χ4n) is 3.49. The lowest BCUT2D eigenvalue weighted by Crippen LogP contribution is -2.16. The summed E-state index contributed by atoms with van der Waals surface area (Å²) in [5.41, 5.74) is 7.16. The van der Waals surface area contributed by atoms with Crippen molar-refractivity contribution in [1.29, 1.82) is 0 Å². The highest BCUT2D eigenvalue weighted by Crippen LogP contribution is 2.50. The maximum absolute atomic E-state index is 6.23. The maximum atomic E-state index is 6.23. The molecule has 0 amide bonds. The van der Waals surface area contributed by atoms with E-state index in [0.717, 1.165) is 29.3 Å². The van der Waals surface area contributed by atoms with Crippen molar-refractivity contribution >= 4 is 17.1 Å². The highest BCUT2D eigenvalue weighted by atomic mass is 16.5. The van der Waals surface area contributed by atoms with E-state index in [-0.39, 0.29) is 0 Å². The number of hydrogen-bond donors (Lipinski definition) is 0. The Bertz CT molecular complexity index is 876. The molecule has 0 bridgehead atoms. The Labute approximate surface area is 156 Å². The highest BCUT2D eigenvalue weighted by Gasteiger charge is 2.25. The number of rotatable bonds is 4. The molecule has 3 aromatic carbocycles. The molecule has 4 rings (SSSR count). The third kappa shape index (κ3) is 3.08. The molecule has 132 valence electrons. The second-order valence-electron chi connectivity index (χ2n) is 7.15. The van der Waals surface area contributed by atoms with E-state index in [4.69, 9.17) is 4.74 Å². The summed E-state index contributed by atoms with van der Waals surface area (Å²) in [7, 11) is 0. The van der Waals surface area contributed by atoms with E-state index in [1.54, 1.807) is 0 Å². The zero-order chi connectivity index (χ0) is 18.1. The summed E-state index contributed by atoms with van der Waals surface area (Å²) < 4.78 is 6.23. The summed E-state index contributed by atoms with van der Waals surface area (Å²) in [6.07, 6.45) is 3.61. The topological polar surface area (TPSA) is 12.5 Å². The lowest BCUT2D eigenvalue weighted by atomic mass is 10.1. The molecule has 0 atom stereocenters. The molecule has 26 heavy (non-hydrogen) atoms. The summed E-state index contributed by atoms with van der Waals surface area (Å²) in [4.78, 5) is 2.30. The second kappa shape index (κ2) is 6.87. The van der Waals surface area contributed by atoms with E-state index in [1.165, 1.54) is 35.2 Å². The van der Waals surface area contributed by atoms with E-state index in [0.29, 0.717) is 0 Å². The van der Waals surface area contributed by atoms with Gasteiger partial charge < -0.3 is 9.64 Å². The molecule has 1 aliphatic heterocycles. The first kappa shape index (κ1) is 16.7. The van der Waals surface area contributed by atoms with Crippen molar-refractivity contribution in [3.63, 3.8) is 0 Å². The van der Waals surface area contributed by atoms with Crippen molar-refractivity contribution in [1.82, 2.24) is 0 Å². The SMILES string of the molecule is CCCCc1ccc(N2c3ccc(C)cc3Oc3cc(C)ccc32)cc1. The van der Waals surface area contributed by atoms with Gasteiger partial charge >= 0.3 is 0 Å². The average Bonchev–Trinajstić information content (AvgIpc) is 2.64. The molecule has 0 spiro atoms. The van der Waals surface area contributed by atoms with Gasteiger partial charge in [0.15, 0.2) is 11.5 Å². The zero-order valence-corrected chi connectivity index (χ0v) is 15.8. The van der Waals surface area contributed by atoms with Gasteiger partial charge in [-0.05, 0) is 79.8 Å². The normalized spacial score (nSPS) is 12.3. The molecule has 0 fully saturated rings. The predicted molar refractivity (Wildman–Crippen MR) is 109 cm³/mol. The maximum Gasteiger partial charge on any atom is 0.151 e. The van der Waals surface area contributed by atoms with Crippen molar-refractivity contribution in [2.75, 3.05) is 4.90 Å². The molecular weight excluding hydrogens is 318 g/mol. The molecule has 2 nitrogen and oxygen atoms in total. The Morgan fingerprint density at radius 1 is 0.769 bits per heavy atom. The van der Waals surface area contributed by atoms with Gasteiger partial charge in [-0.2, -0.15) is 0 Å². The van der Waals surface area contributed by atoms with Crippen LogP contribution >= 0.6 is 0 Å². The quantitative estimate of drug-likeness (QED) is 0.388. The van der Waals surface area contributed by atoms with Gasteiger partial charge in [-0.15, -0.1) is 0 Å². The predicted octanol–water partition coefficient (Wildman–Crippen LogP) is 7.22. The summed E-state index contributed by atoms with van der Waals surface area (Å²) in [6.45, 7) is 6.43. The first-order chi connectivity index (χ1) is 12.7. The Balaban J connectivity index is 1.80. The van der Waals surface area contributed by atoms with Crippen molar-refractivity contribution in [2.24, 2.45) is 0 Å². The minimum atomic E-state index is 0.915. The molecule has 0 aromatic heterocycles. The van der Waals surface area contributed by atoms with Crippen LogP contribution < -0.4 is 9.64 Å². The fourth-order valence-corrected chi connectivity index (χ4v) is 3.49. The van der Waals surface area contributed by atoms with Crippen LogP contribution in [0.4, 0.5) is 17.1 Å². The Morgan fingerprint density at radius 3 is 1.88 bits per heavy atom. The van der Waals surface area contributed by atoms with E-state index < -0.39 is 0 Å². The number of hydrogen-bond acceptors (Lipinski definition) is 2. The van der Waals surface area contributed by atoms with Crippen LogP contribution in [0.1, 0.15) is 36.5 Å². The molecule has 1 aliphatic rings. The summed E-state index contributed by atoms with van der Waals surface area (Å²) >= 11 is 0. The number of aryl methyl sites for hydroxylation is 3. The van der Waals surface area contributed by atoms with Crippen molar-refractivity contribution < 1.29 is 4.74 Å². The van der Waals surface area contributed by atoms with Crippen LogP contribution in [0.2, 0.25) is 0 Å². The third-order valence-electron chi connectivity index (χ3n) is 4.95. The largest absolute Gasteiger partial charge is 0.453 e. The van der Waals surface area contributed by atoms with Gasteiger partial charge in [-0.25, -0.2) is 0 Å². The molecule has 2 heteroatoms. The van der Waals surface area contributed by atoms with Crippen LogP contribution in [-0.4, -0.2) is 0 Å². The van der Waals surface area contributed by atoms with Crippen molar-refractivity contribution in [3.8, 4) is 11.5 Å². The van der Waals surface area contributed by atoms with E-state index in [1.807, 2.05) is 0 Å². The lowest BCUT2D eigenvalue weighted by Gasteiger charge is -2.33. The van der Waals surface area contributed by atoms with Crippen LogP contribution in [-0.2, 0) is 6.42 Å². The van der Waals surface area contributed by atoms with Crippen LogP contribution in [0.3, 0.4) is 0 Å². The summed E-state index contributed by atoms with van der Waals surface area (Å²) in [5, 5.41) is 0. The Kier molecular flexibility index (Phi) is 4.42. The molecule has 0 N–H and O–H groups in total. The number of benzene rings is 3. The van der Waals surface area contributed by atoms with Crippen LogP contribution in [0.25, 0.3) is 0 Å². The average molecular weight is 343 g/mol. The number of fused-ring (bicyclic) bond motifs is 2. The van der Waals surface area contributed by atoms with Crippen LogP contribution in [0.5, 0.6) is 11.5 Å². The first-order valence-corrected chi connectivity index (χ1v) is 9.44. The van der Waals surface area contributed by atoms with Crippen molar-refractivity contribution in [3.05, 3.63) is 77.4 Å². The molecule has 0 saturated heterocycles. The van der Waals surface area contributed by atoms with Gasteiger partial charge in [0.25, 0.3) is 0 Å². The monoisotopic (exact) mass is 343 g/mol. The van der Waals surface area contributed by atoms with Crippen LogP contribution in [0.15, 0.2) is 60.7 Å². The van der Waals surface area contributed by atoms with Gasteiger partial charge in [-0.3, -0.25) is 0 Å². The van der Waals surface area contributed by atoms with Gasteiger partial charge in [0.2, 0.25) is 0 Å². The number of nitrogens with zero attached hydrogens (tertiary/aromatic N) is 1. The summed E-state index contributed by atoms with van der Waals surface area (Å²) in [5.74, 6) is 1.83. The third-order valence-corrected chi connectivity index (χ3v) is 4.95. The first-order valence-electron chi connectivity index (χ1n) is 9.44. The minimum absolute atomic E-state index is 0.915. The fraction of sp³-hybridized carbons (Fsp3) is 0.250. The standard InChI is InChI=1S/C24H25NO/c1-4-5-6-19-9-11-20(12-10-19)25-21-13-7-17(2)15-23(21)26-24-16-18(3)8-14-22(24)25/h7-16H,4-6H2,1-3H3. The lowest BCUT2D eigenvalue weighted by molar-refractivity contribution is 0.476. The molecular formula is C24H25NO. The second-order valence-corrected chi connectivity index (χ2v) is 7.15. The van der Waals surface area contributed by atoms with Gasteiger partial charge in [0.05, 0.1) is 11.4 Å². The number of unbranched alkanes of at least 4 members (excludes halogenated alkanes) is 1. The number of ether oxygens (including phenoxy) is 1. The van der Waals surface area contributed by atoms with E-state index in [2.05, 4.69) is 86.3 Å². The summed E-state index contributed by atoms with van der Waals surface area (Å²) in [6, 6.07) is 21.8. The molecule has 0 radical (unpaired) electrons. The van der Waals surface area contributed by atoms with Gasteiger partial charge in [-0.1, -0.05) is 37.6 Å². The Morgan fingerprint density at radius 2 is 1.35 bits per heavy atom. The molecule has 0 aliphatic carbocycles. The van der Waals surface area contributed by atoms with E-state index >= 15 is 0 Å². The smallest absolute Gasteiger partial charge is 0.151 e. The minimum Gasteiger partial charge on any atom is -0.453 e. The molecule has 0 saturated carbocycles. The van der Waals surface area contributed by atoms with Crippen LogP contribution in [0, 0.1) is 13.8 Å². The Hall–Kier alpha value is -2.74. The highest BCUT2D eigenvalue weighted by molar-refractivity contribution is 5.86. The van der Waals surface area contributed by atoms with Gasteiger partial charge in [0, 0.05) is 5.69 Å². The van der Waals surface area contributed by atoms with E-state index in [9.17, 15) is 0 Å². The number of anilines is 3. The molecule has 3 aromatic rings. The molecule has 0 unspecified atom stereocenters. The van der Waals surface area contributed by atoms with Gasteiger partial charge in [0.1, 0.15) is 0 Å². The van der Waals surface area contributed by atoms with Crippen molar-refractivity contribution in [2.45, 2.75) is 40.0 Å². The molecule has 1 heterocycles. The zero-order valence-electron chi connectivity index (χ0n) is 15.8.